The summed E-state index contributed by atoms with van der Waals surface area (Å²) in [6.07, 6.45) is -3.33. The fourth-order valence-electron chi connectivity index (χ4n) is 2.29. The van der Waals surface area contributed by atoms with Crippen LogP contribution in [0.5, 0.6) is 0 Å². The first-order chi connectivity index (χ1) is 13.1. The molecule has 4 nitrogen and oxygen atoms in total. The smallest absolute Gasteiger partial charge is 0.418 e. The van der Waals surface area contributed by atoms with E-state index in [1.165, 1.54) is 19.1 Å². The van der Waals surface area contributed by atoms with Gasteiger partial charge in [-0.15, -0.1) is 0 Å². The summed E-state index contributed by atoms with van der Waals surface area (Å²) in [5.74, 6) is -1.69. The van der Waals surface area contributed by atoms with Crippen LogP contribution in [0.4, 0.5) is 18.9 Å². The number of rotatable bonds is 5. The summed E-state index contributed by atoms with van der Waals surface area (Å²) < 4.78 is 44.2. The highest BCUT2D eigenvalue weighted by Gasteiger charge is 2.34. The Balaban J connectivity index is 2.04. The van der Waals surface area contributed by atoms with Crippen LogP contribution in [0.3, 0.4) is 0 Å². The van der Waals surface area contributed by atoms with Crippen LogP contribution in [0.1, 0.15) is 23.6 Å². The second-order valence-corrected chi connectivity index (χ2v) is 6.38. The van der Waals surface area contributed by atoms with Gasteiger partial charge in [0.15, 0.2) is 6.10 Å². The standard InChI is InChI=1S/C20H17ClF3NO3/c1-12-5-3-4-6-14(12)7-10-18(26)28-13(2)19(27)25-17-9-8-15(21)11-16(17)20(22,23)24/h3-11,13H,1-2H3,(H,25,27)/b10-7+/t13-/m1/s1. The third kappa shape index (κ3) is 5.85. The molecule has 2 rings (SSSR count). The van der Waals surface area contributed by atoms with E-state index in [2.05, 4.69) is 5.32 Å². The number of aryl methyl sites for hydroxylation is 1. The van der Waals surface area contributed by atoms with E-state index in [1.807, 2.05) is 19.1 Å². The molecule has 1 N–H and O–H groups in total. The molecule has 148 valence electrons. The number of esters is 1. The van der Waals surface area contributed by atoms with Crippen LogP contribution in [0, 0.1) is 6.92 Å². The van der Waals surface area contributed by atoms with E-state index in [1.54, 1.807) is 12.1 Å². The Morgan fingerprint density at radius 1 is 1.18 bits per heavy atom. The Bertz CT molecular complexity index is 910. The fourth-order valence-corrected chi connectivity index (χ4v) is 2.47. The summed E-state index contributed by atoms with van der Waals surface area (Å²) in [5.41, 5.74) is 0.180. The van der Waals surface area contributed by atoms with Gasteiger partial charge in [0.25, 0.3) is 5.91 Å². The van der Waals surface area contributed by atoms with Crippen LogP contribution in [-0.4, -0.2) is 18.0 Å². The molecule has 1 atom stereocenters. The quantitative estimate of drug-likeness (QED) is 0.540. The predicted octanol–water partition coefficient (Wildman–Crippen LogP) is 5.25. The number of benzene rings is 2. The second-order valence-electron chi connectivity index (χ2n) is 5.95. The maximum Gasteiger partial charge on any atom is 0.418 e. The van der Waals surface area contributed by atoms with Crippen LogP contribution < -0.4 is 5.32 Å². The average Bonchev–Trinajstić information content (AvgIpc) is 2.61. The fraction of sp³-hybridized carbons (Fsp3) is 0.200. The topological polar surface area (TPSA) is 55.4 Å². The van der Waals surface area contributed by atoms with Crippen molar-refractivity contribution in [2.45, 2.75) is 26.1 Å². The van der Waals surface area contributed by atoms with Crippen molar-refractivity contribution in [3.05, 3.63) is 70.3 Å². The van der Waals surface area contributed by atoms with Gasteiger partial charge in [-0.25, -0.2) is 4.79 Å². The van der Waals surface area contributed by atoms with E-state index in [0.717, 1.165) is 23.3 Å². The van der Waals surface area contributed by atoms with Gasteiger partial charge in [0, 0.05) is 11.1 Å². The van der Waals surface area contributed by atoms with Crippen molar-refractivity contribution >= 4 is 35.2 Å². The zero-order valence-electron chi connectivity index (χ0n) is 15.0. The van der Waals surface area contributed by atoms with Crippen LogP contribution >= 0.6 is 11.6 Å². The molecule has 0 aliphatic carbocycles. The molecule has 2 aromatic carbocycles. The van der Waals surface area contributed by atoms with Crippen molar-refractivity contribution in [3.63, 3.8) is 0 Å². The number of hydrogen-bond acceptors (Lipinski definition) is 3. The van der Waals surface area contributed by atoms with Gasteiger partial charge < -0.3 is 10.1 Å². The summed E-state index contributed by atoms with van der Waals surface area (Å²) in [6.45, 7) is 3.13. The molecule has 0 aliphatic heterocycles. The van der Waals surface area contributed by atoms with E-state index in [-0.39, 0.29) is 5.02 Å². The second kappa shape index (κ2) is 8.93. The van der Waals surface area contributed by atoms with Crippen LogP contribution in [0.2, 0.25) is 5.02 Å². The monoisotopic (exact) mass is 411 g/mol. The van der Waals surface area contributed by atoms with Gasteiger partial charge in [0.1, 0.15) is 0 Å². The van der Waals surface area contributed by atoms with Gasteiger partial charge >= 0.3 is 12.1 Å². The maximum atomic E-state index is 13.1. The van der Waals surface area contributed by atoms with Gasteiger partial charge in [-0.1, -0.05) is 35.9 Å². The Morgan fingerprint density at radius 2 is 1.86 bits per heavy atom. The van der Waals surface area contributed by atoms with E-state index >= 15 is 0 Å². The van der Waals surface area contributed by atoms with E-state index < -0.39 is 35.4 Å². The van der Waals surface area contributed by atoms with E-state index in [0.29, 0.717) is 6.07 Å². The number of ether oxygens (including phenoxy) is 1. The van der Waals surface area contributed by atoms with Crippen molar-refractivity contribution in [1.29, 1.82) is 0 Å². The number of carbonyl (C=O) groups excluding carboxylic acids is 2. The molecule has 0 saturated heterocycles. The van der Waals surface area contributed by atoms with Crippen LogP contribution in [0.25, 0.3) is 6.08 Å². The van der Waals surface area contributed by atoms with Crippen LogP contribution in [0.15, 0.2) is 48.5 Å². The number of halogens is 4. The highest BCUT2D eigenvalue weighted by Crippen LogP contribution is 2.36. The molecule has 0 aromatic heterocycles. The number of hydrogen-bond donors (Lipinski definition) is 1. The number of amides is 1. The first kappa shape index (κ1) is 21.5. The largest absolute Gasteiger partial charge is 0.449 e. The molecule has 0 radical (unpaired) electrons. The Hall–Kier alpha value is -2.80. The van der Waals surface area contributed by atoms with Crippen molar-refractivity contribution in [1.82, 2.24) is 0 Å². The summed E-state index contributed by atoms with van der Waals surface area (Å²) in [5, 5.41) is 1.99. The maximum absolute atomic E-state index is 13.1. The molecule has 0 heterocycles. The minimum absolute atomic E-state index is 0.119. The lowest BCUT2D eigenvalue weighted by atomic mass is 10.1. The SMILES string of the molecule is Cc1ccccc1/C=C/C(=O)O[C@H](C)C(=O)Nc1ccc(Cl)cc1C(F)(F)F. The lowest BCUT2D eigenvalue weighted by Crippen LogP contribution is -2.30. The summed E-state index contributed by atoms with van der Waals surface area (Å²) in [4.78, 5) is 24.0. The minimum atomic E-state index is -4.70. The third-order valence-corrected chi connectivity index (χ3v) is 4.03. The number of nitrogens with one attached hydrogen (secondary N) is 1. The zero-order chi connectivity index (χ0) is 20.9. The van der Waals surface area contributed by atoms with Crippen LogP contribution in [-0.2, 0) is 20.5 Å². The van der Waals surface area contributed by atoms with Crippen molar-refractivity contribution in [3.8, 4) is 0 Å². The zero-order valence-corrected chi connectivity index (χ0v) is 15.8. The Labute approximate surface area is 165 Å². The lowest BCUT2D eigenvalue weighted by Gasteiger charge is -2.16. The number of carbonyl (C=O) groups is 2. The molecule has 0 saturated carbocycles. The number of alkyl halides is 3. The van der Waals surface area contributed by atoms with Gasteiger partial charge in [0.2, 0.25) is 0 Å². The molecule has 0 fully saturated rings. The molecule has 28 heavy (non-hydrogen) atoms. The molecule has 8 heteroatoms. The average molecular weight is 412 g/mol. The summed E-state index contributed by atoms with van der Waals surface area (Å²) in [7, 11) is 0. The first-order valence-electron chi connectivity index (χ1n) is 8.20. The lowest BCUT2D eigenvalue weighted by molar-refractivity contribution is -0.148. The number of anilines is 1. The Kier molecular flexibility index (Phi) is 6.85. The van der Waals surface area contributed by atoms with Gasteiger partial charge in [-0.2, -0.15) is 13.2 Å². The molecule has 0 spiro atoms. The third-order valence-electron chi connectivity index (χ3n) is 3.79. The van der Waals surface area contributed by atoms with Gasteiger partial charge in [0.05, 0.1) is 11.3 Å². The molecule has 0 aliphatic rings. The molecular formula is C20H17ClF3NO3. The first-order valence-corrected chi connectivity index (χ1v) is 8.57. The van der Waals surface area contributed by atoms with Gasteiger partial charge in [-0.05, 0) is 49.2 Å². The molecule has 1 amide bonds. The highest BCUT2D eigenvalue weighted by atomic mass is 35.5. The minimum Gasteiger partial charge on any atom is -0.449 e. The summed E-state index contributed by atoms with van der Waals surface area (Å²) in [6, 6.07) is 10.3. The molecule has 0 bridgehead atoms. The van der Waals surface area contributed by atoms with Crippen molar-refractivity contribution in [2.75, 3.05) is 5.32 Å². The van der Waals surface area contributed by atoms with Gasteiger partial charge in [-0.3, -0.25) is 4.79 Å². The molecular weight excluding hydrogens is 395 g/mol. The van der Waals surface area contributed by atoms with E-state index in [4.69, 9.17) is 16.3 Å². The molecule has 0 unspecified atom stereocenters. The highest BCUT2D eigenvalue weighted by molar-refractivity contribution is 6.30. The van der Waals surface area contributed by atoms with Crippen molar-refractivity contribution < 1.29 is 27.5 Å². The van der Waals surface area contributed by atoms with Crippen molar-refractivity contribution in [2.24, 2.45) is 0 Å². The predicted molar refractivity (Wildman–Crippen MR) is 101 cm³/mol. The molecule has 2 aromatic rings. The summed E-state index contributed by atoms with van der Waals surface area (Å²) >= 11 is 5.60. The normalized spacial score (nSPS) is 12.6. The Morgan fingerprint density at radius 3 is 2.50 bits per heavy atom. The van der Waals surface area contributed by atoms with E-state index in [9.17, 15) is 22.8 Å².